The van der Waals surface area contributed by atoms with Gasteiger partial charge in [0.1, 0.15) is 5.82 Å². The van der Waals surface area contributed by atoms with E-state index < -0.39 is 11.7 Å². The number of benzene rings is 2. The summed E-state index contributed by atoms with van der Waals surface area (Å²) in [6, 6.07) is 15.3. The first-order chi connectivity index (χ1) is 13.0. The highest BCUT2D eigenvalue weighted by Gasteiger charge is 2.14. The van der Waals surface area contributed by atoms with E-state index in [0.29, 0.717) is 16.6 Å². The molecule has 1 amide bonds. The zero-order valence-electron chi connectivity index (χ0n) is 14.9. The molecule has 1 N–H and O–H groups in total. The summed E-state index contributed by atoms with van der Waals surface area (Å²) in [5.74, 6) is -0.888. The zero-order valence-corrected chi connectivity index (χ0v) is 14.9. The molecule has 4 aromatic rings. The first-order valence-electron chi connectivity index (χ1n) is 8.50. The lowest BCUT2D eigenvalue weighted by Crippen LogP contribution is -2.13. The predicted molar refractivity (Wildman–Crippen MR) is 103 cm³/mol. The zero-order chi connectivity index (χ0) is 19.0. The van der Waals surface area contributed by atoms with Gasteiger partial charge in [0.25, 0.3) is 5.91 Å². The summed E-state index contributed by atoms with van der Waals surface area (Å²) in [4.78, 5) is 17.0. The van der Waals surface area contributed by atoms with Gasteiger partial charge in [0.15, 0.2) is 0 Å². The molecule has 0 fully saturated rings. The van der Waals surface area contributed by atoms with Gasteiger partial charge in [0.05, 0.1) is 22.5 Å². The summed E-state index contributed by atoms with van der Waals surface area (Å²) in [5.41, 5.74) is 4.00. The van der Waals surface area contributed by atoms with E-state index in [1.807, 2.05) is 42.8 Å². The maximum atomic E-state index is 13.9. The number of anilines is 1. The Morgan fingerprint density at radius 2 is 1.93 bits per heavy atom. The van der Waals surface area contributed by atoms with Crippen LogP contribution in [-0.2, 0) is 0 Å². The average Bonchev–Trinajstić information content (AvgIpc) is 2.99. The first kappa shape index (κ1) is 16.9. The summed E-state index contributed by atoms with van der Waals surface area (Å²) in [6.07, 6.45) is 1.58. The van der Waals surface area contributed by atoms with Gasteiger partial charge in [0.2, 0.25) is 0 Å². The number of aromatic nitrogens is 3. The number of pyridine rings is 1. The van der Waals surface area contributed by atoms with Crippen molar-refractivity contribution in [1.82, 2.24) is 14.8 Å². The molecular weight excluding hydrogens is 343 g/mol. The quantitative estimate of drug-likeness (QED) is 0.588. The van der Waals surface area contributed by atoms with Crippen molar-refractivity contribution in [3.05, 3.63) is 83.6 Å². The minimum absolute atomic E-state index is 0.196. The predicted octanol–water partition coefficient (Wildman–Crippen LogP) is 4.43. The molecule has 0 unspecified atom stereocenters. The lowest BCUT2D eigenvalue weighted by Gasteiger charge is -2.10. The van der Waals surface area contributed by atoms with Crippen LogP contribution in [0, 0.1) is 19.7 Å². The lowest BCUT2D eigenvalue weighted by molar-refractivity contribution is 0.102. The average molecular weight is 360 g/mol. The molecule has 134 valence electrons. The van der Waals surface area contributed by atoms with Crippen LogP contribution in [0.1, 0.15) is 21.7 Å². The summed E-state index contributed by atoms with van der Waals surface area (Å²) in [6.45, 7) is 3.90. The molecule has 2 heterocycles. The van der Waals surface area contributed by atoms with Crippen molar-refractivity contribution in [3.8, 4) is 5.69 Å². The lowest BCUT2D eigenvalue weighted by atomic mass is 10.1. The van der Waals surface area contributed by atoms with Crippen LogP contribution in [0.4, 0.5) is 10.1 Å². The number of fused-ring (bicyclic) bond motifs is 1. The number of aryl methyl sites for hydroxylation is 2. The van der Waals surface area contributed by atoms with E-state index in [4.69, 9.17) is 0 Å². The molecule has 0 saturated carbocycles. The topological polar surface area (TPSA) is 59.8 Å². The number of hydrogen-bond donors (Lipinski definition) is 1. The minimum atomic E-state index is -0.475. The van der Waals surface area contributed by atoms with Gasteiger partial charge >= 0.3 is 0 Å². The molecule has 27 heavy (non-hydrogen) atoms. The van der Waals surface area contributed by atoms with Crippen LogP contribution in [0.2, 0.25) is 0 Å². The Morgan fingerprint density at radius 1 is 1.07 bits per heavy atom. The molecular formula is C21H17FN4O. The largest absolute Gasteiger partial charge is 0.322 e. The van der Waals surface area contributed by atoms with E-state index in [0.717, 1.165) is 17.1 Å². The van der Waals surface area contributed by atoms with Gasteiger partial charge in [-0.25, -0.2) is 9.07 Å². The van der Waals surface area contributed by atoms with E-state index in [9.17, 15) is 9.18 Å². The third-order valence-corrected chi connectivity index (χ3v) is 4.27. The van der Waals surface area contributed by atoms with E-state index >= 15 is 0 Å². The van der Waals surface area contributed by atoms with Gasteiger partial charge in [0, 0.05) is 23.0 Å². The number of nitrogens with one attached hydrogen (secondary N) is 1. The molecule has 5 nitrogen and oxygen atoms in total. The van der Waals surface area contributed by atoms with Crippen molar-refractivity contribution >= 4 is 22.5 Å². The normalized spacial score (nSPS) is 10.9. The van der Waals surface area contributed by atoms with Crippen LogP contribution in [0.5, 0.6) is 0 Å². The number of carbonyl (C=O) groups excluding carboxylic acids is 1. The van der Waals surface area contributed by atoms with Crippen molar-refractivity contribution in [2.24, 2.45) is 0 Å². The Morgan fingerprint density at radius 3 is 2.70 bits per heavy atom. The van der Waals surface area contributed by atoms with Crippen LogP contribution in [0.15, 0.2) is 60.8 Å². The summed E-state index contributed by atoms with van der Waals surface area (Å²) in [5, 5.41) is 7.87. The third-order valence-electron chi connectivity index (χ3n) is 4.27. The molecule has 2 aromatic heterocycles. The molecule has 0 bridgehead atoms. The van der Waals surface area contributed by atoms with E-state index in [2.05, 4.69) is 15.4 Å². The van der Waals surface area contributed by atoms with Crippen LogP contribution < -0.4 is 5.32 Å². The Balaban J connectivity index is 1.68. The van der Waals surface area contributed by atoms with Crippen molar-refractivity contribution in [2.45, 2.75) is 13.8 Å². The number of halogens is 1. The first-order valence-corrected chi connectivity index (χ1v) is 8.50. The van der Waals surface area contributed by atoms with Crippen LogP contribution >= 0.6 is 0 Å². The number of carbonyl (C=O) groups is 1. The van der Waals surface area contributed by atoms with Gasteiger partial charge in [-0.15, -0.1) is 0 Å². The highest BCUT2D eigenvalue weighted by molar-refractivity contribution is 6.11. The Labute approximate surface area is 155 Å². The Bertz CT molecular complexity index is 1170. The smallest absolute Gasteiger partial charge is 0.257 e. The molecule has 0 spiro atoms. The van der Waals surface area contributed by atoms with Gasteiger partial charge in [-0.1, -0.05) is 12.1 Å². The molecule has 6 heteroatoms. The van der Waals surface area contributed by atoms with Gasteiger partial charge in [-0.3, -0.25) is 9.78 Å². The molecule has 0 aliphatic heterocycles. The second kappa shape index (κ2) is 6.64. The minimum Gasteiger partial charge on any atom is -0.322 e. The van der Waals surface area contributed by atoms with Gasteiger partial charge in [-0.2, -0.15) is 5.10 Å². The molecule has 0 radical (unpaired) electrons. The standard InChI is InChI=1S/C21H17FN4O/c1-13-9-14(2)26(25-13)18-7-3-6-17(12-18)24-21(27)19-11-16(22)10-15-5-4-8-23-20(15)19/h3-12H,1-2H3,(H,24,27). The molecule has 2 aromatic carbocycles. The van der Waals surface area contributed by atoms with Crippen LogP contribution in [0.25, 0.3) is 16.6 Å². The molecule has 0 aliphatic rings. The van der Waals surface area contributed by atoms with E-state index in [1.165, 1.54) is 12.1 Å². The Hall–Kier alpha value is -3.54. The number of rotatable bonds is 3. The van der Waals surface area contributed by atoms with Crippen LogP contribution in [-0.4, -0.2) is 20.7 Å². The monoisotopic (exact) mass is 360 g/mol. The van der Waals surface area contributed by atoms with Crippen molar-refractivity contribution in [1.29, 1.82) is 0 Å². The maximum absolute atomic E-state index is 13.9. The second-order valence-corrected chi connectivity index (χ2v) is 6.37. The van der Waals surface area contributed by atoms with E-state index in [-0.39, 0.29) is 5.56 Å². The fraction of sp³-hybridized carbons (Fsp3) is 0.0952. The summed E-state index contributed by atoms with van der Waals surface area (Å²) < 4.78 is 15.7. The van der Waals surface area contributed by atoms with Crippen LogP contribution in [0.3, 0.4) is 0 Å². The van der Waals surface area contributed by atoms with Crippen molar-refractivity contribution in [2.75, 3.05) is 5.32 Å². The third kappa shape index (κ3) is 3.29. The van der Waals surface area contributed by atoms with E-state index in [1.54, 1.807) is 24.4 Å². The molecule has 0 saturated heterocycles. The fourth-order valence-corrected chi connectivity index (χ4v) is 3.13. The second-order valence-electron chi connectivity index (χ2n) is 6.37. The molecule has 0 atom stereocenters. The SMILES string of the molecule is Cc1cc(C)n(-c2cccc(NC(=O)c3cc(F)cc4cccnc34)c2)n1. The number of hydrogen-bond acceptors (Lipinski definition) is 3. The van der Waals surface area contributed by atoms with Crippen molar-refractivity contribution < 1.29 is 9.18 Å². The van der Waals surface area contributed by atoms with Crippen molar-refractivity contribution in [3.63, 3.8) is 0 Å². The molecule has 4 rings (SSSR count). The van der Waals surface area contributed by atoms with Gasteiger partial charge in [-0.05, 0) is 56.3 Å². The summed E-state index contributed by atoms with van der Waals surface area (Å²) in [7, 11) is 0. The fourth-order valence-electron chi connectivity index (χ4n) is 3.13. The summed E-state index contributed by atoms with van der Waals surface area (Å²) >= 11 is 0. The Kier molecular flexibility index (Phi) is 4.16. The van der Waals surface area contributed by atoms with Gasteiger partial charge < -0.3 is 5.32 Å². The maximum Gasteiger partial charge on any atom is 0.257 e. The highest BCUT2D eigenvalue weighted by atomic mass is 19.1. The number of amides is 1. The highest BCUT2D eigenvalue weighted by Crippen LogP contribution is 2.21. The number of nitrogens with zero attached hydrogens (tertiary/aromatic N) is 3. The molecule has 0 aliphatic carbocycles.